The predicted octanol–water partition coefficient (Wildman–Crippen LogP) is 5.28. The number of aromatic nitrogens is 1. The molecule has 0 radical (unpaired) electrons. The molecule has 2 aromatic carbocycles. The molecule has 0 atom stereocenters. The molecule has 3 rings (SSSR count). The molecule has 1 heterocycles. The van der Waals surface area contributed by atoms with E-state index in [2.05, 4.69) is 22.1 Å². The maximum Gasteiger partial charge on any atom is 0.274 e. The summed E-state index contributed by atoms with van der Waals surface area (Å²) in [6.45, 7) is 6.76. The van der Waals surface area contributed by atoms with Crippen LogP contribution in [0.2, 0.25) is 0 Å². The van der Waals surface area contributed by atoms with Gasteiger partial charge in [0.2, 0.25) is 0 Å². The molecule has 0 aliphatic heterocycles. The molecule has 3 aromatic rings. The van der Waals surface area contributed by atoms with Gasteiger partial charge in [0.05, 0.1) is 11.8 Å². The molecule has 0 spiro atoms. The highest BCUT2D eigenvalue weighted by molar-refractivity contribution is 6.04. The number of rotatable bonds is 7. The van der Waals surface area contributed by atoms with Crippen molar-refractivity contribution in [2.24, 2.45) is 0 Å². The van der Waals surface area contributed by atoms with Crippen molar-refractivity contribution in [3.63, 3.8) is 0 Å². The van der Waals surface area contributed by atoms with Gasteiger partial charge in [-0.05, 0) is 57.2 Å². The smallest absolute Gasteiger partial charge is 0.274 e. The lowest BCUT2D eigenvalue weighted by atomic mass is 10.2. The van der Waals surface area contributed by atoms with Crippen molar-refractivity contribution in [1.29, 1.82) is 0 Å². The summed E-state index contributed by atoms with van der Waals surface area (Å²) in [4.78, 5) is 19.2. The van der Waals surface area contributed by atoms with Crippen LogP contribution in [0.5, 0.6) is 5.75 Å². The number of amides is 1. The summed E-state index contributed by atoms with van der Waals surface area (Å²) < 4.78 is 5.78. The SMILES string of the molecule is CCN(c1ccccc1)c1ccnc(C(=O)Nc2ccccc2OC(C)C)c1. The lowest BCUT2D eigenvalue weighted by Crippen LogP contribution is -2.19. The van der Waals surface area contributed by atoms with E-state index >= 15 is 0 Å². The van der Waals surface area contributed by atoms with E-state index in [-0.39, 0.29) is 12.0 Å². The zero-order valence-electron chi connectivity index (χ0n) is 16.4. The van der Waals surface area contributed by atoms with Gasteiger partial charge < -0.3 is 15.0 Å². The number of carbonyl (C=O) groups excluding carboxylic acids is 1. The molecule has 1 aromatic heterocycles. The average molecular weight is 375 g/mol. The minimum absolute atomic E-state index is 0.0171. The predicted molar refractivity (Wildman–Crippen MR) is 114 cm³/mol. The topological polar surface area (TPSA) is 54.5 Å². The molecule has 1 N–H and O–H groups in total. The minimum atomic E-state index is -0.272. The van der Waals surface area contributed by atoms with Gasteiger partial charge >= 0.3 is 0 Å². The third-order valence-corrected chi connectivity index (χ3v) is 4.17. The number of carbonyl (C=O) groups is 1. The van der Waals surface area contributed by atoms with Crippen LogP contribution in [-0.4, -0.2) is 23.5 Å². The summed E-state index contributed by atoms with van der Waals surface area (Å²) in [6, 6.07) is 21.2. The van der Waals surface area contributed by atoms with Crippen LogP contribution in [0.4, 0.5) is 17.1 Å². The molecule has 0 unspecified atom stereocenters. The zero-order chi connectivity index (χ0) is 19.9. The summed E-state index contributed by atoms with van der Waals surface area (Å²) in [6.07, 6.45) is 1.68. The molecule has 0 aliphatic carbocycles. The van der Waals surface area contributed by atoms with Crippen molar-refractivity contribution in [2.75, 3.05) is 16.8 Å². The fourth-order valence-corrected chi connectivity index (χ4v) is 2.95. The lowest BCUT2D eigenvalue weighted by molar-refractivity contribution is 0.102. The van der Waals surface area contributed by atoms with Crippen LogP contribution in [0.1, 0.15) is 31.3 Å². The number of ether oxygens (including phenoxy) is 1. The van der Waals surface area contributed by atoms with Crippen molar-refractivity contribution >= 4 is 23.0 Å². The van der Waals surface area contributed by atoms with Gasteiger partial charge in [-0.25, -0.2) is 0 Å². The highest BCUT2D eigenvalue weighted by atomic mass is 16.5. The number of hydrogen-bond donors (Lipinski definition) is 1. The molecule has 144 valence electrons. The van der Waals surface area contributed by atoms with Gasteiger partial charge in [-0.15, -0.1) is 0 Å². The van der Waals surface area contributed by atoms with Gasteiger partial charge in [0.15, 0.2) is 0 Å². The Bertz CT molecular complexity index is 926. The van der Waals surface area contributed by atoms with Crippen LogP contribution in [0.15, 0.2) is 72.9 Å². The van der Waals surface area contributed by atoms with Gasteiger partial charge in [-0.2, -0.15) is 0 Å². The van der Waals surface area contributed by atoms with E-state index in [1.54, 1.807) is 12.3 Å². The van der Waals surface area contributed by atoms with Gasteiger partial charge in [-0.3, -0.25) is 9.78 Å². The molecule has 1 amide bonds. The van der Waals surface area contributed by atoms with E-state index in [1.165, 1.54) is 0 Å². The summed E-state index contributed by atoms with van der Waals surface area (Å²) in [7, 11) is 0. The number of nitrogens with one attached hydrogen (secondary N) is 1. The Morgan fingerprint density at radius 2 is 1.75 bits per heavy atom. The van der Waals surface area contributed by atoms with E-state index in [4.69, 9.17) is 4.74 Å². The van der Waals surface area contributed by atoms with E-state index < -0.39 is 0 Å². The van der Waals surface area contributed by atoms with Crippen molar-refractivity contribution in [3.05, 3.63) is 78.6 Å². The van der Waals surface area contributed by atoms with Crippen LogP contribution >= 0.6 is 0 Å². The minimum Gasteiger partial charge on any atom is -0.489 e. The maximum absolute atomic E-state index is 12.8. The molecule has 5 heteroatoms. The first kappa shape index (κ1) is 19.4. The molecule has 0 saturated carbocycles. The van der Waals surface area contributed by atoms with E-state index in [9.17, 15) is 4.79 Å². The Morgan fingerprint density at radius 3 is 2.46 bits per heavy atom. The first-order chi connectivity index (χ1) is 13.6. The normalized spacial score (nSPS) is 10.6. The van der Waals surface area contributed by atoms with Crippen LogP contribution in [0, 0.1) is 0 Å². The van der Waals surface area contributed by atoms with Crippen molar-refractivity contribution in [3.8, 4) is 5.75 Å². The number of para-hydroxylation sites is 3. The Morgan fingerprint density at radius 1 is 1.04 bits per heavy atom. The number of anilines is 3. The molecule has 28 heavy (non-hydrogen) atoms. The number of hydrogen-bond acceptors (Lipinski definition) is 4. The van der Waals surface area contributed by atoms with Crippen molar-refractivity contribution in [1.82, 2.24) is 4.98 Å². The molecule has 0 fully saturated rings. The average Bonchev–Trinajstić information content (AvgIpc) is 2.71. The van der Waals surface area contributed by atoms with E-state index in [1.807, 2.05) is 74.5 Å². The fraction of sp³-hybridized carbons (Fsp3) is 0.217. The standard InChI is InChI=1S/C23H25N3O2/c1-4-26(18-10-6-5-7-11-18)19-14-15-24-21(16-19)23(27)25-20-12-8-9-13-22(20)28-17(2)3/h5-17H,4H2,1-3H3,(H,25,27). The summed E-state index contributed by atoms with van der Waals surface area (Å²) in [5, 5.41) is 2.91. The molecule has 0 saturated heterocycles. The fourth-order valence-electron chi connectivity index (χ4n) is 2.95. The van der Waals surface area contributed by atoms with Crippen LogP contribution in [0.3, 0.4) is 0 Å². The lowest BCUT2D eigenvalue weighted by Gasteiger charge is -2.23. The Hall–Kier alpha value is -3.34. The first-order valence-electron chi connectivity index (χ1n) is 9.44. The Labute approximate surface area is 166 Å². The number of pyridine rings is 1. The maximum atomic E-state index is 12.8. The molecule has 0 aliphatic rings. The second kappa shape index (κ2) is 9.04. The van der Waals surface area contributed by atoms with E-state index in [0.29, 0.717) is 17.1 Å². The highest BCUT2D eigenvalue weighted by Gasteiger charge is 2.14. The van der Waals surface area contributed by atoms with Gasteiger partial charge in [0.1, 0.15) is 11.4 Å². The summed E-state index contributed by atoms with van der Waals surface area (Å²) in [5.41, 5.74) is 2.97. The van der Waals surface area contributed by atoms with Crippen LogP contribution in [0.25, 0.3) is 0 Å². The highest BCUT2D eigenvalue weighted by Crippen LogP contribution is 2.27. The number of nitrogens with zero attached hydrogens (tertiary/aromatic N) is 2. The second-order valence-electron chi connectivity index (χ2n) is 6.60. The largest absolute Gasteiger partial charge is 0.489 e. The molecular formula is C23H25N3O2. The van der Waals surface area contributed by atoms with Crippen molar-refractivity contribution < 1.29 is 9.53 Å². The zero-order valence-corrected chi connectivity index (χ0v) is 16.4. The third-order valence-electron chi connectivity index (χ3n) is 4.17. The molecule has 0 bridgehead atoms. The van der Waals surface area contributed by atoms with Crippen LogP contribution < -0.4 is 15.0 Å². The Kier molecular flexibility index (Phi) is 6.27. The quantitative estimate of drug-likeness (QED) is 0.610. The molecule has 5 nitrogen and oxygen atoms in total. The Balaban J connectivity index is 1.83. The van der Waals surface area contributed by atoms with Gasteiger partial charge in [-0.1, -0.05) is 30.3 Å². The summed E-state index contributed by atoms with van der Waals surface area (Å²) >= 11 is 0. The van der Waals surface area contributed by atoms with Gasteiger partial charge in [0, 0.05) is 24.1 Å². The summed E-state index contributed by atoms with van der Waals surface area (Å²) in [5.74, 6) is 0.368. The monoisotopic (exact) mass is 375 g/mol. The molecular weight excluding hydrogens is 350 g/mol. The first-order valence-corrected chi connectivity index (χ1v) is 9.44. The van der Waals surface area contributed by atoms with Crippen molar-refractivity contribution in [2.45, 2.75) is 26.9 Å². The van der Waals surface area contributed by atoms with E-state index in [0.717, 1.165) is 17.9 Å². The second-order valence-corrected chi connectivity index (χ2v) is 6.60. The number of benzene rings is 2. The third kappa shape index (κ3) is 4.68. The van der Waals surface area contributed by atoms with Gasteiger partial charge in [0.25, 0.3) is 5.91 Å². The van der Waals surface area contributed by atoms with Crippen LogP contribution in [-0.2, 0) is 0 Å².